The van der Waals surface area contributed by atoms with E-state index < -0.39 is 5.41 Å². The van der Waals surface area contributed by atoms with Gasteiger partial charge in [-0.1, -0.05) is 188 Å². The molecule has 58 heavy (non-hydrogen) atoms. The predicted octanol–water partition coefficient (Wildman–Crippen LogP) is 14.8. The van der Waals surface area contributed by atoms with E-state index in [0.717, 1.165) is 0 Å². The van der Waals surface area contributed by atoms with Crippen LogP contribution in [0.25, 0.3) is 93.5 Å². The standard InChI is InChI=1S/C57H35N/c1-2-18-36(19-3-1)58-51-34-15-11-27-45(51)55-46(29-17-35-52(55)58)53-40-23-4-6-25-42(40)54(43-26-7-5-24-41(43)53)47-30-16-28-44-39-22-10-14-33-50(39)57(56(44)47)48-31-12-8-20-37(48)38-21-9-13-32-49(38)57/h1-35H. The summed E-state index contributed by atoms with van der Waals surface area (Å²) in [7, 11) is 0. The Morgan fingerprint density at radius 3 is 1.28 bits per heavy atom. The Labute approximate surface area is 336 Å². The molecule has 0 amide bonds. The minimum atomic E-state index is -0.457. The number of hydrogen-bond acceptors (Lipinski definition) is 0. The van der Waals surface area contributed by atoms with Crippen molar-refractivity contribution in [1.82, 2.24) is 4.57 Å². The summed E-state index contributed by atoms with van der Waals surface area (Å²) >= 11 is 0. The van der Waals surface area contributed by atoms with Crippen LogP contribution in [0.2, 0.25) is 0 Å². The lowest BCUT2D eigenvalue weighted by atomic mass is 9.68. The number of fused-ring (bicyclic) bond motifs is 15. The summed E-state index contributed by atoms with van der Waals surface area (Å²) < 4.78 is 2.43. The summed E-state index contributed by atoms with van der Waals surface area (Å²) in [5.74, 6) is 0. The third kappa shape index (κ3) is 3.95. The van der Waals surface area contributed by atoms with Crippen molar-refractivity contribution in [2.24, 2.45) is 0 Å². The zero-order valence-electron chi connectivity index (χ0n) is 31.7. The molecule has 0 N–H and O–H groups in total. The number of rotatable bonds is 3. The average molecular weight is 734 g/mol. The lowest BCUT2D eigenvalue weighted by Crippen LogP contribution is -2.26. The molecule has 10 aromatic carbocycles. The summed E-state index contributed by atoms with van der Waals surface area (Å²) in [5.41, 5.74) is 19.0. The highest BCUT2D eigenvalue weighted by molar-refractivity contribution is 6.27. The predicted molar refractivity (Wildman–Crippen MR) is 243 cm³/mol. The maximum absolute atomic E-state index is 2.43. The largest absolute Gasteiger partial charge is 0.309 e. The van der Waals surface area contributed by atoms with Gasteiger partial charge in [0.15, 0.2) is 0 Å². The van der Waals surface area contributed by atoms with Gasteiger partial charge in [-0.15, -0.1) is 0 Å². The molecule has 0 saturated heterocycles. The van der Waals surface area contributed by atoms with Gasteiger partial charge in [-0.05, 0) is 113 Å². The van der Waals surface area contributed by atoms with Gasteiger partial charge < -0.3 is 4.57 Å². The molecule has 1 nitrogen and oxygen atoms in total. The first kappa shape index (κ1) is 31.7. The number of hydrogen-bond donors (Lipinski definition) is 0. The minimum Gasteiger partial charge on any atom is -0.309 e. The molecule has 0 bridgehead atoms. The highest BCUT2D eigenvalue weighted by Crippen LogP contribution is 2.65. The normalized spacial score (nSPS) is 13.3. The lowest BCUT2D eigenvalue weighted by molar-refractivity contribution is 0.796. The smallest absolute Gasteiger partial charge is 0.0731 e. The number of nitrogens with zero attached hydrogens (tertiary/aromatic N) is 1. The van der Waals surface area contributed by atoms with Gasteiger partial charge in [-0.25, -0.2) is 0 Å². The molecular weight excluding hydrogens is 699 g/mol. The van der Waals surface area contributed by atoms with Crippen LogP contribution in [-0.2, 0) is 5.41 Å². The van der Waals surface area contributed by atoms with Gasteiger partial charge in [0.1, 0.15) is 0 Å². The Hall–Kier alpha value is -7.48. The van der Waals surface area contributed by atoms with Gasteiger partial charge >= 0.3 is 0 Å². The quantitative estimate of drug-likeness (QED) is 0.159. The van der Waals surface area contributed by atoms with E-state index in [2.05, 4.69) is 217 Å². The van der Waals surface area contributed by atoms with Crippen LogP contribution in [0.1, 0.15) is 22.3 Å². The molecule has 1 heteroatoms. The maximum atomic E-state index is 2.43. The highest BCUT2D eigenvalue weighted by Gasteiger charge is 2.52. The van der Waals surface area contributed by atoms with E-state index >= 15 is 0 Å². The Morgan fingerprint density at radius 1 is 0.276 bits per heavy atom. The SMILES string of the molecule is c1ccc(-n2c3ccccc3c3c(-c4c5ccccc5c(-c5cccc6c5C5(c7ccccc7-c7ccccc75)c5ccccc5-6)c5ccccc45)cccc32)cc1. The van der Waals surface area contributed by atoms with E-state index in [1.165, 1.54) is 116 Å². The molecule has 0 saturated carbocycles. The van der Waals surface area contributed by atoms with E-state index in [9.17, 15) is 0 Å². The molecule has 0 radical (unpaired) electrons. The van der Waals surface area contributed by atoms with Gasteiger partial charge in [0.2, 0.25) is 0 Å². The van der Waals surface area contributed by atoms with E-state index in [4.69, 9.17) is 0 Å². The van der Waals surface area contributed by atoms with Crippen molar-refractivity contribution in [3.63, 3.8) is 0 Å². The Kier molecular flexibility index (Phi) is 6.43. The summed E-state index contributed by atoms with van der Waals surface area (Å²) in [5, 5.41) is 7.58. The van der Waals surface area contributed by atoms with Gasteiger partial charge in [0, 0.05) is 16.5 Å². The van der Waals surface area contributed by atoms with Crippen LogP contribution in [0.4, 0.5) is 0 Å². The van der Waals surface area contributed by atoms with Gasteiger partial charge in [0.05, 0.1) is 16.4 Å². The van der Waals surface area contributed by atoms with Crippen LogP contribution in [0.3, 0.4) is 0 Å². The summed E-state index contributed by atoms with van der Waals surface area (Å²) in [4.78, 5) is 0. The highest BCUT2D eigenvalue weighted by atomic mass is 15.0. The van der Waals surface area contributed by atoms with Crippen LogP contribution >= 0.6 is 0 Å². The second-order valence-corrected chi connectivity index (χ2v) is 15.8. The number of para-hydroxylation sites is 2. The molecule has 0 atom stereocenters. The summed E-state index contributed by atoms with van der Waals surface area (Å²) in [6.07, 6.45) is 0. The first-order chi connectivity index (χ1) is 28.8. The third-order valence-corrected chi connectivity index (χ3v) is 13.2. The van der Waals surface area contributed by atoms with Crippen LogP contribution in [0.15, 0.2) is 212 Å². The Morgan fingerprint density at radius 2 is 0.672 bits per heavy atom. The van der Waals surface area contributed by atoms with Gasteiger partial charge in [-0.2, -0.15) is 0 Å². The maximum Gasteiger partial charge on any atom is 0.0731 e. The van der Waals surface area contributed by atoms with E-state index in [1.807, 2.05) is 0 Å². The van der Waals surface area contributed by atoms with Crippen LogP contribution in [0, 0.1) is 0 Å². The molecule has 0 fully saturated rings. The Balaban J connectivity index is 1.17. The lowest BCUT2D eigenvalue weighted by Gasteiger charge is -2.32. The van der Waals surface area contributed by atoms with Gasteiger partial charge in [0.25, 0.3) is 0 Å². The third-order valence-electron chi connectivity index (χ3n) is 13.2. The monoisotopic (exact) mass is 733 g/mol. The van der Waals surface area contributed by atoms with Crippen molar-refractivity contribution in [1.29, 1.82) is 0 Å². The minimum absolute atomic E-state index is 0.457. The molecule has 1 aromatic heterocycles. The second-order valence-electron chi connectivity index (χ2n) is 15.8. The first-order valence-corrected chi connectivity index (χ1v) is 20.3. The summed E-state index contributed by atoms with van der Waals surface area (Å²) in [6.45, 7) is 0. The Bertz CT molecular complexity index is 3390. The molecule has 268 valence electrons. The molecule has 1 spiro atoms. The van der Waals surface area contributed by atoms with Crippen molar-refractivity contribution in [3.05, 3.63) is 235 Å². The van der Waals surface area contributed by atoms with Gasteiger partial charge in [-0.3, -0.25) is 0 Å². The topological polar surface area (TPSA) is 4.93 Å². The molecule has 2 aliphatic carbocycles. The molecule has 13 rings (SSSR count). The van der Waals surface area contributed by atoms with E-state index in [0.29, 0.717) is 0 Å². The zero-order chi connectivity index (χ0) is 38.0. The fourth-order valence-electron chi connectivity index (χ4n) is 11.2. The van der Waals surface area contributed by atoms with Crippen LogP contribution in [-0.4, -0.2) is 4.57 Å². The number of benzene rings is 10. The zero-order valence-corrected chi connectivity index (χ0v) is 31.7. The molecule has 2 aliphatic rings. The van der Waals surface area contributed by atoms with Crippen molar-refractivity contribution < 1.29 is 0 Å². The molecule has 1 heterocycles. The molecule has 0 unspecified atom stereocenters. The van der Waals surface area contributed by atoms with E-state index in [1.54, 1.807) is 0 Å². The van der Waals surface area contributed by atoms with Crippen molar-refractivity contribution in [3.8, 4) is 50.2 Å². The first-order valence-electron chi connectivity index (χ1n) is 20.3. The van der Waals surface area contributed by atoms with Crippen molar-refractivity contribution >= 4 is 43.4 Å². The molecule has 11 aromatic rings. The van der Waals surface area contributed by atoms with Crippen molar-refractivity contribution in [2.45, 2.75) is 5.41 Å². The van der Waals surface area contributed by atoms with Crippen LogP contribution in [0.5, 0.6) is 0 Å². The fourth-order valence-corrected chi connectivity index (χ4v) is 11.2. The average Bonchev–Trinajstić information content (AvgIpc) is 3.91. The van der Waals surface area contributed by atoms with Crippen LogP contribution < -0.4 is 0 Å². The fraction of sp³-hybridized carbons (Fsp3) is 0.0175. The molecule has 0 aliphatic heterocycles. The summed E-state index contributed by atoms with van der Waals surface area (Å²) in [6, 6.07) is 79.3. The number of aromatic nitrogens is 1. The molecular formula is C57H35N. The van der Waals surface area contributed by atoms with Crippen molar-refractivity contribution in [2.75, 3.05) is 0 Å². The van der Waals surface area contributed by atoms with E-state index in [-0.39, 0.29) is 0 Å². The second kappa shape index (κ2) is 11.8.